The first kappa shape index (κ1) is 17.5. The second kappa shape index (κ2) is 6.93. The van der Waals surface area contributed by atoms with Gasteiger partial charge in [0.2, 0.25) is 0 Å². The number of hydrogen-bond donors (Lipinski definition) is 1. The lowest BCUT2D eigenvalue weighted by atomic mass is 9.96. The number of hydrogen-bond acceptors (Lipinski definition) is 4. The number of unbranched alkanes of at least 4 members (excludes halogenated alkanes) is 1. The van der Waals surface area contributed by atoms with E-state index in [9.17, 15) is 18.0 Å². The summed E-state index contributed by atoms with van der Waals surface area (Å²) in [6.45, 7) is 3.89. The average molecular weight is 307 g/mol. The highest BCUT2D eigenvalue weighted by Crippen LogP contribution is 2.27. The summed E-state index contributed by atoms with van der Waals surface area (Å²) in [7, 11) is 0. The van der Waals surface area contributed by atoms with E-state index in [2.05, 4.69) is 5.10 Å². The van der Waals surface area contributed by atoms with E-state index in [0.717, 1.165) is 6.07 Å². The van der Waals surface area contributed by atoms with Crippen molar-refractivity contribution in [1.29, 1.82) is 0 Å². The number of aryl methyl sites for hydroxylation is 1. The zero-order valence-electron chi connectivity index (χ0n) is 12.1. The molecule has 0 amide bonds. The molecule has 0 radical (unpaired) electrons. The van der Waals surface area contributed by atoms with E-state index < -0.39 is 23.4 Å². The van der Waals surface area contributed by atoms with Crippen LogP contribution >= 0.6 is 0 Å². The molecule has 1 heterocycles. The van der Waals surface area contributed by atoms with Crippen molar-refractivity contribution in [1.82, 2.24) is 9.78 Å². The highest BCUT2D eigenvalue weighted by atomic mass is 19.4. The summed E-state index contributed by atoms with van der Waals surface area (Å²) in [5.41, 5.74) is 3.86. The van der Waals surface area contributed by atoms with Crippen LogP contribution < -0.4 is 5.73 Å². The molecule has 0 saturated carbocycles. The van der Waals surface area contributed by atoms with E-state index in [1.54, 1.807) is 13.8 Å². The summed E-state index contributed by atoms with van der Waals surface area (Å²) in [5.74, 6) is -0.469. The summed E-state index contributed by atoms with van der Waals surface area (Å²) in [6, 6.07) is 0.936. The summed E-state index contributed by atoms with van der Waals surface area (Å²) in [5, 5.41) is 3.45. The highest BCUT2D eigenvalue weighted by molar-refractivity contribution is 5.79. The van der Waals surface area contributed by atoms with Gasteiger partial charge in [-0.05, 0) is 39.2 Å². The zero-order chi connectivity index (χ0) is 16.1. The number of halogens is 3. The molecule has 0 spiro atoms. The molecule has 5 nitrogen and oxygen atoms in total. The maximum absolute atomic E-state index is 12.4. The van der Waals surface area contributed by atoms with Crippen LogP contribution in [-0.4, -0.2) is 27.9 Å². The van der Waals surface area contributed by atoms with Crippen molar-refractivity contribution in [2.45, 2.75) is 51.4 Å². The fourth-order valence-corrected chi connectivity index (χ4v) is 1.80. The van der Waals surface area contributed by atoms with Crippen molar-refractivity contribution < 1.29 is 22.7 Å². The van der Waals surface area contributed by atoms with Crippen LogP contribution in [-0.2, 0) is 22.3 Å². The molecule has 21 heavy (non-hydrogen) atoms. The van der Waals surface area contributed by atoms with Gasteiger partial charge in [-0.3, -0.25) is 9.48 Å². The van der Waals surface area contributed by atoms with Crippen LogP contribution in [0.25, 0.3) is 0 Å². The first-order chi connectivity index (χ1) is 9.66. The van der Waals surface area contributed by atoms with Crippen molar-refractivity contribution in [2.24, 2.45) is 5.73 Å². The molecular weight excluding hydrogens is 287 g/mol. The summed E-state index contributed by atoms with van der Waals surface area (Å²) >= 11 is 0. The number of alkyl halides is 3. The number of rotatable bonds is 7. The molecule has 0 aliphatic rings. The first-order valence-electron chi connectivity index (χ1n) is 6.73. The van der Waals surface area contributed by atoms with Gasteiger partial charge in [0, 0.05) is 12.7 Å². The Bertz CT molecular complexity index is 469. The monoisotopic (exact) mass is 307 g/mol. The molecule has 0 aromatic carbocycles. The van der Waals surface area contributed by atoms with E-state index in [1.165, 1.54) is 10.9 Å². The predicted molar refractivity (Wildman–Crippen MR) is 70.3 cm³/mol. The Labute approximate surface area is 121 Å². The number of ether oxygens (including phenoxy) is 1. The lowest BCUT2D eigenvalue weighted by molar-refractivity contribution is -0.149. The third kappa shape index (κ3) is 5.37. The second-order valence-electron chi connectivity index (χ2n) is 5.06. The first-order valence-corrected chi connectivity index (χ1v) is 6.73. The standard InChI is InChI=1S/C13H20F3N3O2/c1-3-21-11(20)12(2,17)7-4-5-8-19-9-6-10(18-19)13(14,15)16/h6,9H,3-5,7-8,17H2,1-2H3. The van der Waals surface area contributed by atoms with Crippen LogP contribution in [0, 0.1) is 0 Å². The van der Waals surface area contributed by atoms with Crippen LogP contribution in [0.1, 0.15) is 38.8 Å². The van der Waals surface area contributed by atoms with E-state index in [-0.39, 0.29) is 6.61 Å². The van der Waals surface area contributed by atoms with Gasteiger partial charge in [-0.15, -0.1) is 0 Å². The van der Waals surface area contributed by atoms with Crippen LogP contribution in [0.4, 0.5) is 13.2 Å². The summed E-state index contributed by atoms with van der Waals surface area (Å²) in [4.78, 5) is 11.6. The highest BCUT2D eigenvalue weighted by Gasteiger charge is 2.33. The number of aromatic nitrogens is 2. The molecule has 8 heteroatoms. The van der Waals surface area contributed by atoms with E-state index in [1.807, 2.05) is 0 Å². The summed E-state index contributed by atoms with van der Waals surface area (Å²) < 4.78 is 43.2. The molecule has 0 fully saturated rings. The van der Waals surface area contributed by atoms with Crippen LogP contribution in [0.15, 0.2) is 12.3 Å². The molecule has 0 aliphatic heterocycles. The molecule has 2 N–H and O–H groups in total. The number of esters is 1. The van der Waals surface area contributed by atoms with Gasteiger partial charge in [0.05, 0.1) is 6.61 Å². The van der Waals surface area contributed by atoms with Gasteiger partial charge in [-0.25, -0.2) is 0 Å². The van der Waals surface area contributed by atoms with Gasteiger partial charge in [0.25, 0.3) is 0 Å². The Morgan fingerprint density at radius 3 is 2.62 bits per heavy atom. The minimum atomic E-state index is -4.43. The fraction of sp³-hybridized carbons (Fsp3) is 0.692. The second-order valence-corrected chi connectivity index (χ2v) is 5.06. The third-order valence-corrected chi connectivity index (χ3v) is 3.01. The Kier molecular flexibility index (Phi) is 5.77. The van der Waals surface area contributed by atoms with Crippen molar-refractivity contribution in [2.75, 3.05) is 6.61 Å². The quantitative estimate of drug-likeness (QED) is 0.620. The maximum Gasteiger partial charge on any atom is 0.435 e. The maximum atomic E-state index is 12.4. The Balaban J connectivity index is 2.37. The largest absolute Gasteiger partial charge is 0.465 e. The predicted octanol–water partition coefficient (Wildman–Crippen LogP) is 2.35. The lowest BCUT2D eigenvalue weighted by Gasteiger charge is -2.21. The van der Waals surface area contributed by atoms with Crippen molar-refractivity contribution in [3.05, 3.63) is 18.0 Å². The molecule has 0 aliphatic carbocycles. The summed E-state index contributed by atoms with van der Waals surface area (Å²) in [6.07, 6.45) is -1.57. The zero-order valence-corrected chi connectivity index (χ0v) is 12.1. The van der Waals surface area contributed by atoms with Crippen molar-refractivity contribution in [3.63, 3.8) is 0 Å². The molecule has 0 bridgehead atoms. The topological polar surface area (TPSA) is 70.1 Å². The SMILES string of the molecule is CCOC(=O)C(C)(N)CCCCn1ccc(C(F)(F)F)n1. The van der Waals surface area contributed by atoms with Gasteiger partial charge in [0.1, 0.15) is 5.54 Å². The van der Waals surface area contributed by atoms with Crippen molar-refractivity contribution >= 4 is 5.97 Å². The van der Waals surface area contributed by atoms with Crippen LogP contribution in [0.2, 0.25) is 0 Å². The Morgan fingerprint density at radius 1 is 1.43 bits per heavy atom. The molecule has 1 aromatic rings. The molecule has 1 atom stereocenters. The number of carbonyl (C=O) groups excluding carboxylic acids is 1. The average Bonchev–Trinajstić information content (AvgIpc) is 2.83. The number of carbonyl (C=O) groups is 1. The van der Waals surface area contributed by atoms with E-state index in [0.29, 0.717) is 25.8 Å². The molecule has 120 valence electrons. The number of nitrogens with two attached hydrogens (primary N) is 1. The van der Waals surface area contributed by atoms with E-state index >= 15 is 0 Å². The molecule has 1 rings (SSSR count). The van der Waals surface area contributed by atoms with Crippen LogP contribution in [0.5, 0.6) is 0 Å². The normalized spacial score (nSPS) is 14.8. The van der Waals surface area contributed by atoms with E-state index in [4.69, 9.17) is 10.5 Å². The molecule has 0 saturated heterocycles. The van der Waals surface area contributed by atoms with Crippen molar-refractivity contribution in [3.8, 4) is 0 Å². The number of nitrogens with zero attached hydrogens (tertiary/aromatic N) is 2. The Hall–Kier alpha value is -1.57. The molecule has 1 aromatic heterocycles. The minimum absolute atomic E-state index is 0.263. The molecular formula is C13H20F3N3O2. The lowest BCUT2D eigenvalue weighted by Crippen LogP contribution is -2.46. The Morgan fingerprint density at radius 2 is 2.10 bits per heavy atom. The van der Waals surface area contributed by atoms with Gasteiger partial charge >= 0.3 is 12.1 Å². The fourth-order valence-electron chi connectivity index (χ4n) is 1.80. The van der Waals surface area contributed by atoms with Crippen LogP contribution in [0.3, 0.4) is 0 Å². The molecule has 1 unspecified atom stereocenters. The van der Waals surface area contributed by atoms with Gasteiger partial charge < -0.3 is 10.5 Å². The smallest absolute Gasteiger partial charge is 0.435 e. The third-order valence-electron chi connectivity index (χ3n) is 3.01. The minimum Gasteiger partial charge on any atom is -0.465 e. The van der Waals surface area contributed by atoms with Gasteiger partial charge in [0.15, 0.2) is 5.69 Å². The van der Waals surface area contributed by atoms with Gasteiger partial charge in [-0.2, -0.15) is 18.3 Å². The van der Waals surface area contributed by atoms with Gasteiger partial charge in [-0.1, -0.05) is 0 Å².